The SMILES string of the molecule is ON1CCc2c(ncc3c2c(CN2CCCC(F)(F)C2)cn3Cc2ccc(F)cc2)C1. The fourth-order valence-electron chi connectivity index (χ4n) is 4.84. The Bertz CT molecular complexity index is 1100. The minimum atomic E-state index is -2.65. The highest BCUT2D eigenvalue weighted by atomic mass is 19.3. The first-order valence-corrected chi connectivity index (χ1v) is 10.6. The van der Waals surface area contributed by atoms with E-state index < -0.39 is 5.92 Å². The molecule has 5 rings (SSSR count). The third-order valence-electron chi connectivity index (χ3n) is 6.28. The van der Waals surface area contributed by atoms with Gasteiger partial charge in [0.05, 0.1) is 30.5 Å². The van der Waals surface area contributed by atoms with Gasteiger partial charge in [0.15, 0.2) is 0 Å². The largest absolute Gasteiger partial charge is 0.341 e. The van der Waals surface area contributed by atoms with Gasteiger partial charge in [-0.1, -0.05) is 12.1 Å². The molecule has 0 saturated carbocycles. The van der Waals surface area contributed by atoms with Crippen LogP contribution in [0.3, 0.4) is 0 Å². The minimum Gasteiger partial charge on any atom is -0.341 e. The minimum absolute atomic E-state index is 0.0541. The number of piperidine rings is 1. The average Bonchev–Trinajstić information content (AvgIpc) is 3.06. The number of hydrogen-bond acceptors (Lipinski definition) is 4. The second-order valence-electron chi connectivity index (χ2n) is 8.66. The molecule has 1 fully saturated rings. The van der Waals surface area contributed by atoms with Crippen molar-refractivity contribution in [3.63, 3.8) is 0 Å². The zero-order valence-corrected chi connectivity index (χ0v) is 17.2. The maximum absolute atomic E-state index is 14.0. The molecule has 5 nitrogen and oxygen atoms in total. The summed E-state index contributed by atoms with van der Waals surface area (Å²) < 4.78 is 43.4. The van der Waals surface area contributed by atoms with Crippen LogP contribution in [0.5, 0.6) is 0 Å². The summed E-state index contributed by atoms with van der Waals surface area (Å²) in [6, 6.07) is 6.38. The first kappa shape index (κ1) is 20.5. The molecular formula is C23H25F3N4O. The third-order valence-corrected chi connectivity index (χ3v) is 6.28. The van der Waals surface area contributed by atoms with Gasteiger partial charge in [-0.3, -0.25) is 9.88 Å². The van der Waals surface area contributed by atoms with E-state index in [4.69, 9.17) is 0 Å². The monoisotopic (exact) mass is 430 g/mol. The van der Waals surface area contributed by atoms with Crippen molar-refractivity contribution in [2.75, 3.05) is 19.6 Å². The van der Waals surface area contributed by atoms with E-state index in [-0.39, 0.29) is 18.8 Å². The summed E-state index contributed by atoms with van der Waals surface area (Å²) in [5, 5.41) is 12.2. The van der Waals surface area contributed by atoms with E-state index in [0.717, 1.165) is 33.3 Å². The molecule has 3 aromatic rings. The van der Waals surface area contributed by atoms with E-state index in [9.17, 15) is 18.4 Å². The molecule has 1 aromatic carbocycles. The van der Waals surface area contributed by atoms with Crippen LogP contribution in [-0.4, -0.2) is 50.3 Å². The van der Waals surface area contributed by atoms with E-state index in [1.54, 1.807) is 18.3 Å². The van der Waals surface area contributed by atoms with Crippen molar-refractivity contribution in [3.8, 4) is 0 Å². The van der Waals surface area contributed by atoms with Gasteiger partial charge in [0, 0.05) is 37.6 Å². The van der Waals surface area contributed by atoms with Crippen LogP contribution in [0, 0.1) is 5.82 Å². The Hall–Kier alpha value is -2.42. The van der Waals surface area contributed by atoms with Gasteiger partial charge in [-0.25, -0.2) is 13.2 Å². The van der Waals surface area contributed by atoms with Gasteiger partial charge in [-0.05, 0) is 48.2 Å². The number of alkyl halides is 2. The number of hydroxylamine groups is 2. The summed E-state index contributed by atoms with van der Waals surface area (Å²) in [5.74, 6) is -2.93. The molecule has 0 unspecified atom stereocenters. The molecule has 0 radical (unpaired) electrons. The van der Waals surface area contributed by atoms with E-state index in [1.165, 1.54) is 17.2 Å². The van der Waals surface area contributed by atoms with Crippen LogP contribution in [0.4, 0.5) is 13.2 Å². The predicted molar refractivity (Wildman–Crippen MR) is 111 cm³/mol. The lowest BCUT2D eigenvalue weighted by Gasteiger charge is -2.32. The van der Waals surface area contributed by atoms with Crippen LogP contribution in [0.15, 0.2) is 36.7 Å². The Balaban J connectivity index is 1.55. The molecule has 8 heteroatoms. The first-order valence-electron chi connectivity index (χ1n) is 10.6. The lowest BCUT2D eigenvalue weighted by molar-refractivity contribution is -0.104. The number of nitrogens with zero attached hydrogens (tertiary/aromatic N) is 4. The molecule has 1 N–H and O–H groups in total. The van der Waals surface area contributed by atoms with Crippen LogP contribution in [-0.2, 0) is 26.1 Å². The molecule has 0 spiro atoms. The van der Waals surface area contributed by atoms with E-state index in [1.807, 2.05) is 11.1 Å². The van der Waals surface area contributed by atoms with Gasteiger partial charge in [-0.2, -0.15) is 5.06 Å². The van der Waals surface area contributed by atoms with Gasteiger partial charge in [0.2, 0.25) is 0 Å². The molecule has 31 heavy (non-hydrogen) atoms. The number of pyridine rings is 1. The molecule has 164 valence electrons. The highest BCUT2D eigenvalue weighted by Gasteiger charge is 2.35. The summed E-state index contributed by atoms with van der Waals surface area (Å²) in [4.78, 5) is 6.41. The van der Waals surface area contributed by atoms with Crippen molar-refractivity contribution in [1.82, 2.24) is 19.5 Å². The lowest BCUT2D eigenvalue weighted by Crippen LogP contribution is -2.42. The zero-order valence-electron chi connectivity index (χ0n) is 17.2. The number of hydrogen-bond donors (Lipinski definition) is 1. The normalized spacial score (nSPS) is 19.6. The smallest absolute Gasteiger partial charge is 0.260 e. The molecule has 0 aliphatic carbocycles. The summed E-state index contributed by atoms with van der Waals surface area (Å²) in [5.41, 5.74) is 4.80. The number of rotatable bonds is 4. The van der Waals surface area contributed by atoms with Gasteiger partial charge in [-0.15, -0.1) is 0 Å². The summed E-state index contributed by atoms with van der Waals surface area (Å²) >= 11 is 0. The molecule has 0 bridgehead atoms. The van der Waals surface area contributed by atoms with E-state index in [2.05, 4.69) is 9.55 Å². The maximum atomic E-state index is 14.0. The van der Waals surface area contributed by atoms with Crippen LogP contribution in [0.1, 0.15) is 35.2 Å². The maximum Gasteiger partial charge on any atom is 0.260 e. The Morgan fingerprint density at radius 1 is 1.10 bits per heavy atom. The Morgan fingerprint density at radius 3 is 2.68 bits per heavy atom. The fourth-order valence-corrected chi connectivity index (χ4v) is 4.84. The van der Waals surface area contributed by atoms with Crippen molar-refractivity contribution in [2.45, 2.75) is 44.8 Å². The third kappa shape index (κ3) is 4.20. The number of benzene rings is 1. The number of halogens is 3. The topological polar surface area (TPSA) is 44.5 Å². The van der Waals surface area contributed by atoms with Crippen LogP contribution in [0.25, 0.3) is 10.9 Å². The summed E-state index contributed by atoms with van der Waals surface area (Å²) in [6.45, 7) is 2.28. The lowest BCUT2D eigenvalue weighted by atomic mass is 9.98. The molecule has 2 aliphatic rings. The van der Waals surface area contributed by atoms with E-state index in [0.29, 0.717) is 45.6 Å². The summed E-state index contributed by atoms with van der Waals surface area (Å²) in [6.07, 6.45) is 4.90. The first-order chi connectivity index (χ1) is 14.9. The predicted octanol–water partition coefficient (Wildman–Crippen LogP) is 4.20. The molecule has 2 aliphatic heterocycles. The quantitative estimate of drug-likeness (QED) is 0.674. The molecule has 1 saturated heterocycles. The van der Waals surface area contributed by atoms with E-state index >= 15 is 0 Å². The molecule has 0 amide bonds. The summed E-state index contributed by atoms with van der Waals surface area (Å²) in [7, 11) is 0. The van der Waals surface area contributed by atoms with Crippen LogP contribution < -0.4 is 0 Å². The van der Waals surface area contributed by atoms with Crippen molar-refractivity contribution in [2.24, 2.45) is 0 Å². The number of fused-ring (bicyclic) bond motifs is 3. The molecule has 4 heterocycles. The van der Waals surface area contributed by atoms with Crippen LogP contribution in [0.2, 0.25) is 0 Å². The Morgan fingerprint density at radius 2 is 1.90 bits per heavy atom. The highest BCUT2D eigenvalue weighted by molar-refractivity contribution is 5.87. The number of likely N-dealkylation sites (tertiary alicyclic amines) is 1. The second-order valence-corrected chi connectivity index (χ2v) is 8.66. The number of aromatic nitrogens is 2. The molecular weight excluding hydrogens is 405 g/mol. The standard InChI is InChI=1S/C23H25F3N4O/c24-18-4-2-16(3-5-18)11-29-13-17(12-28-8-1-7-23(25,26)15-28)22-19-6-9-30(31)14-20(19)27-10-21(22)29/h2-5,10,13,31H,1,6-9,11-12,14-15H2. The average molecular weight is 430 g/mol. The second kappa shape index (κ2) is 7.93. The van der Waals surface area contributed by atoms with Gasteiger partial charge < -0.3 is 9.77 Å². The zero-order chi connectivity index (χ0) is 21.6. The van der Waals surface area contributed by atoms with Gasteiger partial charge >= 0.3 is 0 Å². The Labute approximate surface area is 178 Å². The van der Waals surface area contributed by atoms with Crippen molar-refractivity contribution in [1.29, 1.82) is 0 Å². The van der Waals surface area contributed by atoms with Crippen molar-refractivity contribution >= 4 is 10.9 Å². The highest BCUT2D eigenvalue weighted by Crippen LogP contribution is 2.33. The fraction of sp³-hybridized carbons (Fsp3) is 0.435. The van der Waals surface area contributed by atoms with Crippen molar-refractivity contribution in [3.05, 3.63) is 64.9 Å². The van der Waals surface area contributed by atoms with Gasteiger partial charge in [0.25, 0.3) is 5.92 Å². The molecule has 2 aromatic heterocycles. The van der Waals surface area contributed by atoms with Crippen LogP contribution >= 0.6 is 0 Å². The Kier molecular flexibility index (Phi) is 5.24. The van der Waals surface area contributed by atoms with Gasteiger partial charge in [0.1, 0.15) is 5.82 Å². The molecule has 0 atom stereocenters. The van der Waals surface area contributed by atoms with Crippen molar-refractivity contribution < 1.29 is 18.4 Å².